The molecule has 2 unspecified atom stereocenters. The number of amides is 2. The Hall–Kier alpha value is -1.56. The summed E-state index contributed by atoms with van der Waals surface area (Å²) in [6.07, 6.45) is 1.84. The Bertz CT molecular complexity index is 533. The highest BCUT2D eigenvalue weighted by atomic mass is 79.9. The van der Waals surface area contributed by atoms with E-state index in [1.807, 2.05) is 25.1 Å². The monoisotopic (exact) mass is 340 g/mol. The summed E-state index contributed by atoms with van der Waals surface area (Å²) in [5.74, 6) is -1.12. The van der Waals surface area contributed by atoms with Gasteiger partial charge in [-0.25, -0.2) is 4.79 Å². The van der Waals surface area contributed by atoms with Crippen LogP contribution in [0.5, 0.6) is 0 Å². The summed E-state index contributed by atoms with van der Waals surface area (Å²) in [6, 6.07) is 5.21. The number of rotatable bonds is 3. The Morgan fingerprint density at radius 1 is 1.35 bits per heavy atom. The second-order valence-electron chi connectivity index (χ2n) is 5.11. The summed E-state index contributed by atoms with van der Waals surface area (Å²) in [4.78, 5) is 22.7. The van der Waals surface area contributed by atoms with Crippen LogP contribution in [0.4, 0.5) is 10.5 Å². The summed E-state index contributed by atoms with van der Waals surface area (Å²) < 4.78 is 0.989. The van der Waals surface area contributed by atoms with E-state index in [0.29, 0.717) is 19.3 Å². The number of hydrogen-bond acceptors (Lipinski definition) is 2. The third-order valence-corrected chi connectivity index (χ3v) is 4.42. The van der Waals surface area contributed by atoms with Crippen molar-refractivity contribution >= 4 is 33.6 Å². The maximum atomic E-state index is 11.9. The van der Waals surface area contributed by atoms with Gasteiger partial charge in [0.05, 0.1) is 5.92 Å². The normalized spacial score (nSPS) is 21.5. The molecule has 0 radical (unpaired) electrons. The topological polar surface area (TPSA) is 78.4 Å². The van der Waals surface area contributed by atoms with E-state index in [1.165, 1.54) is 0 Å². The first-order valence-corrected chi connectivity index (χ1v) is 7.31. The van der Waals surface area contributed by atoms with Crippen LogP contribution in [0.15, 0.2) is 22.7 Å². The number of carbonyl (C=O) groups is 2. The van der Waals surface area contributed by atoms with Gasteiger partial charge in [0, 0.05) is 16.2 Å². The Labute approximate surface area is 125 Å². The molecule has 3 N–H and O–H groups in total. The van der Waals surface area contributed by atoms with Crippen molar-refractivity contribution in [2.45, 2.75) is 32.2 Å². The van der Waals surface area contributed by atoms with Gasteiger partial charge in [-0.1, -0.05) is 15.9 Å². The SMILES string of the molecule is Cc1cc(NC(=O)NC2CCC(C(=O)O)C2)ccc1Br. The largest absolute Gasteiger partial charge is 0.481 e. The molecule has 0 saturated heterocycles. The number of aryl methyl sites for hydroxylation is 1. The minimum absolute atomic E-state index is 0.0624. The fourth-order valence-electron chi connectivity index (χ4n) is 2.41. The van der Waals surface area contributed by atoms with Gasteiger partial charge in [-0.3, -0.25) is 4.79 Å². The zero-order valence-electron chi connectivity index (χ0n) is 11.1. The van der Waals surface area contributed by atoms with Gasteiger partial charge < -0.3 is 15.7 Å². The lowest BCUT2D eigenvalue weighted by Crippen LogP contribution is -2.36. The van der Waals surface area contributed by atoms with Crippen LogP contribution in [0.3, 0.4) is 0 Å². The average molecular weight is 341 g/mol. The van der Waals surface area contributed by atoms with Gasteiger partial charge in [-0.2, -0.15) is 0 Å². The lowest BCUT2D eigenvalue weighted by Gasteiger charge is -2.14. The summed E-state index contributed by atoms with van der Waals surface area (Å²) in [5, 5.41) is 14.5. The molecule has 2 atom stereocenters. The molecule has 0 heterocycles. The van der Waals surface area contributed by atoms with E-state index < -0.39 is 5.97 Å². The standard InChI is InChI=1S/C14H17BrN2O3/c1-8-6-10(4-5-12(8)15)16-14(20)17-11-3-2-9(7-11)13(18)19/h4-6,9,11H,2-3,7H2,1H3,(H,18,19)(H2,16,17,20). The molecule has 1 aliphatic carbocycles. The molecule has 108 valence electrons. The quantitative estimate of drug-likeness (QED) is 0.790. The minimum Gasteiger partial charge on any atom is -0.481 e. The molecule has 0 spiro atoms. The fourth-order valence-corrected chi connectivity index (χ4v) is 2.66. The number of halogens is 1. The molecular formula is C14H17BrN2O3. The maximum absolute atomic E-state index is 11.9. The first-order valence-electron chi connectivity index (χ1n) is 6.52. The van der Waals surface area contributed by atoms with E-state index >= 15 is 0 Å². The zero-order valence-corrected chi connectivity index (χ0v) is 12.7. The van der Waals surface area contributed by atoms with Crippen molar-refractivity contribution in [2.24, 2.45) is 5.92 Å². The molecular weight excluding hydrogens is 324 g/mol. The van der Waals surface area contributed by atoms with Gasteiger partial charge in [0.25, 0.3) is 0 Å². The molecule has 2 amide bonds. The van der Waals surface area contributed by atoms with Gasteiger partial charge >= 0.3 is 12.0 Å². The highest BCUT2D eigenvalue weighted by molar-refractivity contribution is 9.10. The molecule has 1 aliphatic rings. The molecule has 1 fully saturated rings. The van der Waals surface area contributed by atoms with Crippen LogP contribution >= 0.6 is 15.9 Å². The van der Waals surface area contributed by atoms with Gasteiger partial charge in [0.15, 0.2) is 0 Å². The number of carbonyl (C=O) groups excluding carboxylic acids is 1. The maximum Gasteiger partial charge on any atom is 0.319 e. The van der Waals surface area contributed by atoms with E-state index in [4.69, 9.17) is 5.11 Å². The lowest BCUT2D eigenvalue weighted by atomic mass is 10.1. The van der Waals surface area contributed by atoms with Crippen LogP contribution in [-0.4, -0.2) is 23.1 Å². The first kappa shape index (κ1) is 14.8. The number of urea groups is 1. The second kappa shape index (κ2) is 6.26. The molecule has 20 heavy (non-hydrogen) atoms. The molecule has 5 nitrogen and oxygen atoms in total. The first-order chi connectivity index (χ1) is 9.45. The Balaban J connectivity index is 1.87. The third-order valence-electron chi connectivity index (χ3n) is 3.53. The molecule has 1 saturated carbocycles. The van der Waals surface area contributed by atoms with Crippen LogP contribution < -0.4 is 10.6 Å². The van der Waals surface area contributed by atoms with Crippen molar-refractivity contribution in [3.05, 3.63) is 28.2 Å². The van der Waals surface area contributed by atoms with Crippen LogP contribution in [0.2, 0.25) is 0 Å². The number of benzene rings is 1. The minimum atomic E-state index is -0.779. The molecule has 0 aromatic heterocycles. The second-order valence-corrected chi connectivity index (χ2v) is 5.96. The molecule has 2 rings (SSSR count). The summed E-state index contributed by atoms with van der Waals surface area (Å²) in [5.41, 5.74) is 1.76. The van der Waals surface area contributed by atoms with Crippen molar-refractivity contribution in [1.82, 2.24) is 5.32 Å². The molecule has 1 aromatic rings. The summed E-state index contributed by atoms with van der Waals surface area (Å²) in [6.45, 7) is 1.95. The predicted molar refractivity (Wildman–Crippen MR) is 79.8 cm³/mol. The van der Waals surface area contributed by atoms with Crippen molar-refractivity contribution in [3.63, 3.8) is 0 Å². The third kappa shape index (κ3) is 3.72. The van der Waals surface area contributed by atoms with Crippen LogP contribution in [0, 0.1) is 12.8 Å². The Kier molecular flexibility index (Phi) is 4.65. The van der Waals surface area contributed by atoms with Crippen molar-refractivity contribution < 1.29 is 14.7 Å². The Morgan fingerprint density at radius 3 is 2.70 bits per heavy atom. The zero-order chi connectivity index (χ0) is 14.7. The molecule has 0 bridgehead atoms. The van der Waals surface area contributed by atoms with Crippen LogP contribution in [-0.2, 0) is 4.79 Å². The predicted octanol–water partition coefficient (Wildman–Crippen LogP) is 3.13. The lowest BCUT2D eigenvalue weighted by molar-refractivity contribution is -0.141. The highest BCUT2D eigenvalue weighted by Crippen LogP contribution is 2.26. The molecule has 0 aliphatic heterocycles. The van der Waals surface area contributed by atoms with E-state index in [-0.39, 0.29) is 18.0 Å². The average Bonchev–Trinajstić information content (AvgIpc) is 2.82. The van der Waals surface area contributed by atoms with Gasteiger partial charge in [0.1, 0.15) is 0 Å². The number of anilines is 1. The number of carboxylic acids is 1. The van der Waals surface area contributed by atoms with Crippen molar-refractivity contribution in [2.75, 3.05) is 5.32 Å². The van der Waals surface area contributed by atoms with E-state index in [1.54, 1.807) is 0 Å². The van der Waals surface area contributed by atoms with Gasteiger partial charge in [-0.15, -0.1) is 0 Å². The smallest absolute Gasteiger partial charge is 0.319 e. The van der Waals surface area contributed by atoms with Crippen LogP contribution in [0.25, 0.3) is 0 Å². The van der Waals surface area contributed by atoms with Crippen molar-refractivity contribution in [1.29, 1.82) is 0 Å². The van der Waals surface area contributed by atoms with Gasteiger partial charge in [-0.05, 0) is 49.9 Å². The Morgan fingerprint density at radius 2 is 2.10 bits per heavy atom. The fraction of sp³-hybridized carbons (Fsp3) is 0.429. The van der Waals surface area contributed by atoms with Crippen LogP contribution in [0.1, 0.15) is 24.8 Å². The number of nitrogens with one attached hydrogen (secondary N) is 2. The number of carboxylic acid groups (broad SMARTS) is 1. The van der Waals surface area contributed by atoms with E-state index in [0.717, 1.165) is 15.7 Å². The molecule has 1 aromatic carbocycles. The summed E-state index contributed by atoms with van der Waals surface area (Å²) in [7, 11) is 0. The highest BCUT2D eigenvalue weighted by Gasteiger charge is 2.30. The molecule has 6 heteroatoms. The van der Waals surface area contributed by atoms with Crippen molar-refractivity contribution in [3.8, 4) is 0 Å². The van der Waals surface area contributed by atoms with E-state index in [9.17, 15) is 9.59 Å². The number of aliphatic carboxylic acids is 1. The van der Waals surface area contributed by atoms with Gasteiger partial charge in [0.2, 0.25) is 0 Å². The van der Waals surface area contributed by atoms with E-state index in [2.05, 4.69) is 26.6 Å². The number of hydrogen-bond donors (Lipinski definition) is 3. The summed E-state index contributed by atoms with van der Waals surface area (Å²) >= 11 is 3.40.